The number of nitrogens with zero attached hydrogens (tertiary/aromatic N) is 1. The van der Waals surface area contributed by atoms with Crippen LogP contribution >= 0.6 is 11.8 Å². The largest absolute Gasteiger partial charge is 0.481 e. The lowest BCUT2D eigenvalue weighted by Crippen LogP contribution is -2.45. The van der Waals surface area contributed by atoms with Gasteiger partial charge in [0.15, 0.2) is 0 Å². The molecule has 104 valence electrons. The predicted molar refractivity (Wildman–Crippen MR) is 75.5 cm³/mol. The van der Waals surface area contributed by atoms with Crippen LogP contribution in [-0.2, 0) is 16.1 Å². The zero-order valence-corrected chi connectivity index (χ0v) is 11.9. The van der Waals surface area contributed by atoms with Crippen LogP contribution in [-0.4, -0.2) is 48.0 Å². The minimum Gasteiger partial charge on any atom is -0.481 e. The van der Waals surface area contributed by atoms with Crippen LogP contribution in [0.2, 0.25) is 0 Å². The quantitative estimate of drug-likeness (QED) is 0.837. The first kappa shape index (κ1) is 14.4. The van der Waals surface area contributed by atoms with Gasteiger partial charge < -0.3 is 9.84 Å². The Hall–Kier alpha value is -1.04. The molecule has 19 heavy (non-hydrogen) atoms. The highest BCUT2D eigenvalue weighted by Gasteiger charge is 2.25. The number of benzene rings is 1. The highest BCUT2D eigenvalue weighted by molar-refractivity contribution is 7.98. The summed E-state index contributed by atoms with van der Waals surface area (Å²) in [6.45, 7) is 2.77. The summed E-state index contributed by atoms with van der Waals surface area (Å²) in [6.07, 6.45) is 2.20. The van der Waals surface area contributed by atoms with Gasteiger partial charge >= 0.3 is 5.97 Å². The number of ether oxygens (including phenoxy) is 1. The van der Waals surface area contributed by atoms with Crippen LogP contribution < -0.4 is 0 Å². The molecule has 1 fully saturated rings. The van der Waals surface area contributed by atoms with Crippen LogP contribution in [0.1, 0.15) is 12.0 Å². The van der Waals surface area contributed by atoms with Gasteiger partial charge in [-0.1, -0.05) is 12.1 Å². The lowest BCUT2D eigenvalue weighted by molar-refractivity contribution is -0.140. The number of aliphatic carboxylic acids is 1. The van der Waals surface area contributed by atoms with E-state index in [1.54, 1.807) is 11.8 Å². The summed E-state index contributed by atoms with van der Waals surface area (Å²) in [6, 6.07) is 8.37. The molecule has 1 N–H and O–H groups in total. The molecule has 1 aromatic rings. The minimum absolute atomic E-state index is 0.0239. The topological polar surface area (TPSA) is 49.8 Å². The van der Waals surface area contributed by atoms with Gasteiger partial charge in [0.2, 0.25) is 0 Å². The van der Waals surface area contributed by atoms with Crippen molar-refractivity contribution in [1.29, 1.82) is 0 Å². The van der Waals surface area contributed by atoms with Crippen molar-refractivity contribution in [3.8, 4) is 0 Å². The third-order valence-corrected chi connectivity index (χ3v) is 4.00. The molecule has 1 aromatic carbocycles. The van der Waals surface area contributed by atoms with Gasteiger partial charge in [0.1, 0.15) is 0 Å². The molecule has 0 aromatic heterocycles. The van der Waals surface area contributed by atoms with Crippen LogP contribution in [0.4, 0.5) is 0 Å². The summed E-state index contributed by atoms with van der Waals surface area (Å²) in [5.74, 6) is -0.765. The SMILES string of the molecule is CSc1cccc(CN2CCOC[C@@H]2CC(=O)O)c1. The summed E-state index contributed by atoms with van der Waals surface area (Å²) in [5.41, 5.74) is 1.23. The number of morpholine rings is 1. The van der Waals surface area contributed by atoms with E-state index in [-0.39, 0.29) is 12.5 Å². The average molecular weight is 281 g/mol. The van der Waals surface area contributed by atoms with Crippen molar-refractivity contribution >= 4 is 17.7 Å². The molecular formula is C14H19NO3S. The second-order valence-electron chi connectivity index (χ2n) is 4.65. The molecular weight excluding hydrogens is 262 g/mol. The molecule has 0 spiro atoms. The normalized spacial score (nSPS) is 20.4. The third kappa shape index (κ3) is 4.23. The first-order chi connectivity index (χ1) is 9.19. The van der Waals surface area contributed by atoms with Crippen molar-refractivity contribution in [2.24, 2.45) is 0 Å². The lowest BCUT2D eigenvalue weighted by atomic mass is 10.1. The number of hydrogen-bond acceptors (Lipinski definition) is 4. The molecule has 1 atom stereocenters. The number of carboxylic acid groups (broad SMARTS) is 1. The Morgan fingerprint density at radius 3 is 3.16 bits per heavy atom. The van der Waals surface area contributed by atoms with Gasteiger partial charge in [-0.3, -0.25) is 9.69 Å². The second-order valence-corrected chi connectivity index (χ2v) is 5.53. The van der Waals surface area contributed by atoms with E-state index in [9.17, 15) is 4.79 Å². The van der Waals surface area contributed by atoms with Crippen LogP contribution in [0.3, 0.4) is 0 Å². The van der Waals surface area contributed by atoms with E-state index in [4.69, 9.17) is 9.84 Å². The Balaban J connectivity index is 2.03. The van der Waals surface area contributed by atoms with Gasteiger partial charge in [-0.05, 0) is 24.0 Å². The molecule has 0 amide bonds. The number of rotatable bonds is 5. The zero-order chi connectivity index (χ0) is 13.7. The predicted octanol–water partition coefficient (Wildman–Crippen LogP) is 2.08. The first-order valence-electron chi connectivity index (χ1n) is 6.35. The van der Waals surface area contributed by atoms with Gasteiger partial charge in [-0.25, -0.2) is 0 Å². The van der Waals surface area contributed by atoms with Gasteiger partial charge in [0.25, 0.3) is 0 Å². The smallest absolute Gasteiger partial charge is 0.305 e. The van der Waals surface area contributed by atoms with Crippen molar-refractivity contribution in [2.45, 2.75) is 23.9 Å². The highest BCUT2D eigenvalue weighted by atomic mass is 32.2. The molecule has 2 rings (SSSR count). The molecule has 0 saturated carbocycles. The standard InChI is InChI=1S/C14H19NO3S/c1-19-13-4-2-3-11(7-13)9-15-5-6-18-10-12(15)8-14(16)17/h2-4,7,12H,5-6,8-10H2,1H3,(H,16,17)/t12-/m0/s1. The number of hydrogen-bond donors (Lipinski definition) is 1. The fourth-order valence-electron chi connectivity index (χ4n) is 2.29. The lowest BCUT2D eigenvalue weighted by Gasteiger charge is -2.34. The Morgan fingerprint density at radius 2 is 2.42 bits per heavy atom. The summed E-state index contributed by atoms with van der Waals surface area (Å²) >= 11 is 1.72. The fraction of sp³-hybridized carbons (Fsp3) is 0.500. The first-order valence-corrected chi connectivity index (χ1v) is 7.58. The Labute approximate surface area is 117 Å². The van der Waals surface area contributed by atoms with E-state index >= 15 is 0 Å². The van der Waals surface area contributed by atoms with Crippen LogP contribution in [0, 0.1) is 0 Å². The van der Waals surface area contributed by atoms with Crippen molar-refractivity contribution in [3.63, 3.8) is 0 Å². The van der Waals surface area contributed by atoms with Crippen LogP contribution in [0.25, 0.3) is 0 Å². The van der Waals surface area contributed by atoms with Crippen molar-refractivity contribution in [2.75, 3.05) is 26.0 Å². The van der Waals surface area contributed by atoms with E-state index in [1.807, 2.05) is 6.07 Å². The van der Waals surface area contributed by atoms with E-state index < -0.39 is 5.97 Å². The van der Waals surface area contributed by atoms with Crippen molar-refractivity contribution in [1.82, 2.24) is 4.90 Å². The summed E-state index contributed by atoms with van der Waals surface area (Å²) in [5, 5.41) is 8.95. The maximum absolute atomic E-state index is 10.9. The van der Waals surface area contributed by atoms with Crippen LogP contribution in [0.15, 0.2) is 29.2 Å². The van der Waals surface area contributed by atoms with Crippen LogP contribution in [0.5, 0.6) is 0 Å². The number of carboxylic acids is 1. The molecule has 0 bridgehead atoms. The number of thioether (sulfide) groups is 1. The highest BCUT2D eigenvalue weighted by Crippen LogP contribution is 2.19. The van der Waals surface area contributed by atoms with E-state index in [0.717, 1.165) is 13.1 Å². The molecule has 1 saturated heterocycles. The molecule has 1 aliphatic rings. The molecule has 1 aliphatic heterocycles. The van der Waals surface area contributed by atoms with Gasteiger partial charge in [-0.2, -0.15) is 0 Å². The summed E-state index contributed by atoms with van der Waals surface area (Å²) < 4.78 is 5.39. The molecule has 0 radical (unpaired) electrons. The second kappa shape index (κ2) is 6.93. The Morgan fingerprint density at radius 1 is 1.58 bits per heavy atom. The maximum atomic E-state index is 10.9. The third-order valence-electron chi connectivity index (χ3n) is 3.28. The van der Waals surface area contributed by atoms with E-state index in [0.29, 0.717) is 13.2 Å². The van der Waals surface area contributed by atoms with Crippen molar-refractivity contribution in [3.05, 3.63) is 29.8 Å². The fourth-order valence-corrected chi connectivity index (χ4v) is 2.78. The minimum atomic E-state index is -0.765. The maximum Gasteiger partial charge on any atom is 0.305 e. The summed E-state index contributed by atoms with van der Waals surface area (Å²) in [4.78, 5) is 14.3. The molecule has 4 nitrogen and oxygen atoms in total. The van der Waals surface area contributed by atoms with E-state index in [1.165, 1.54) is 10.5 Å². The zero-order valence-electron chi connectivity index (χ0n) is 11.0. The summed E-state index contributed by atoms with van der Waals surface area (Å²) in [7, 11) is 0. The number of carbonyl (C=O) groups is 1. The van der Waals surface area contributed by atoms with Gasteiger partial charge in [0, 0.05) is 24.0 Å². The molecule has 1 heterocycles. The Kier molecular flexibility index (Phi) is 5.24. The van der Waals surface area contributed by atoms with Crippen molar-refractivity contribution < 1.29 is 14.6 Å². The monoisotopic (exact) mass is 281 g/mol. The molecule has 0 aliphatic carbocycles. The molecule has 5 heteroatoms. The average Bonchev–Trinajstić information content (AvgIpc) is 2.41. The van der Waals surface area contributed by atoms with Gasteiger partial charge in [-0.15, -0.1) is 11.8 Å². The molecule has 0 unspecified atom stereocenters. The van der Waals surface area contributed by atoms with E-state index in [2.05, 4.69) is 29.4 Å². The Bertz CT molecular complexity index is 438. The van der Waals surface area contributed by atoms with Gasteiger partial charge in [0.05, 0.1) is 19.6 Å².